The molecule has 3 rings (SSSR count). The van der Waals surface area contributed by atoms with E-state index in [0.29, 0.717) is 12.1 Å². The van der Waals surface area contributed by atoms with Gasteiger partial charge in [0.1, 0.15) is 36.3 Å². The zero-order valence-corrected chi connectivity index (χ0v) is 36.7. The largest absolute Gasteiger partial charge is 0.469 e. The monoisotopic (exact) mass is 909 g/mol. The average Bonchev–Trinajstić information content (AvgIpc) is 3.89. The number of phosphoric ester groups is 1. The fourth-order valence-electron chi connectivity index (χ4n) is 6.52. The second kappa shape index (κ2) is 25.1. The molecule has 1 unspecified atom stereocenters. The molecule has 1 aliphatic heterocycles. The topological polar surface area (TPSA) is 343 Å². The van der Waals surface area contributed by atoms with Crippen molar-refractivity contribution >= 4 is 49.2 Å². The van der Waals surface area contributed by atoms with Gasteiger partial charge in [-0.3, -0.25) is 42.9 Å². The minimum atomic E-state index is -5.13. The van der Waals surface area contributed by atoms with Gasteiger partial charge in [0.25, 0.3) is 0 Å². The minimum absolute atomic E-state index is 0.0338. The molecule has 0 bridgehead atoms. The number of primary amides is 1. The first kappa shape index (κ1) is 52.1. The van der Waals surface area contributed by atoms with E-state index in [9.17, 15) is 43.2 Å². The lowest BCUT2D eigenvalue weighted by Gasteiger charge is -2.28. The van der Waals surface area contributed by atoms with Crippen LogP contribution in [-0.4, -0.2) is 139 Å². The molecule has 350 valence electrons. The summed E-state index contributed by atoms with van der Waals surface area (Å²) < 4.78 is 21.3. The number of nitrogens with zero attached hydrogens (tertiary/aromatic N) is 2. The first-order valence-electron chi connectivity index (χ1n) is 20.4. The molecule has 1 aromatic carbocycles. The molecular weight excluding hydrogens is 849 g/mol. The summed E-state index contributed by atoms with van der Waals surface area (Å²) in [6.07, 6.45) is 0.459. The van der Waals surface area contributed by atoms with Crippen molar-refractivity contribution < 1.29 is 67.1 Å². The number of aryl methyl sites for hydroxylation is 1. The van der Waals surface area contributed by atoms with Gasteiger partial charge in [-0.15, -0.1) is 0 Å². The smallest absolute Gasteiger partial charge is 0.394 e. The number of aliphatic hydroxyl groups excluding tert-OH is 1. The number of nitrogens with two attached hydrogens (primary N) is 1. The molecule has 1 fully saturated rings. The zero-order valence-electron chi connectivity index (χ0n) is 35.9. The highest BCUT2D eigenvalue weighted by Gasteiger charge is 2.42. The van der Waals surface area contributed by atoms with Crippen molar-refractivity contribution in [2.45, 2.75) is 122 Å². The lowest BCUT2D eigenvalue weighted by atomic mass is 10.0. The number of ether oxygens (including phenoxy) is 1. The molecule has 0 radical (unpaired) electrons. The normalized spacial score (nSPS) is 17.6. The summed E-state index contributed by atoms with van der Waals surface area (Å²) in [4.78, 5) is 125. The molecule has 11 N–H and O–H groups in total. The number of hydrogen-bond donors (Lipinski definition) is 10. The Labute approximate surface area is 364 Å². The van der Waals surface area contributed by atoms with Crippen molar-refractivity contribution in [2.75, 3.05) is 19.8 Å². The van der Waals surface area contributed by atoms with E-state index in [1.165, 1.54) is 17.4 Å². The second-order valence-corrected chi connectivity index (χ2v) is 16.9. The van der Waals surface area contributed by atoms with Gasteiger partial charge in [0.05, 0.1) is 44.7 Å². The number of phosphoric acid groups is 1. The van der Waals surface area contributed by atoms with Crippen LogP contribution in [0.1, 0.15) is 71.6 Å². The molecule has 7 atom stereocenters. The standard InChI is InChI=1S/C39H60N9O14P/c1-22(2)15-28(44-39(56)31-17-27(19-48(31)33(51)13-14-60-23(3)4)61-47-32(50)12-11-25-9-7-6-8-10-25)36(53)43-29(16-26-18-41-21-42-26)37(54)45-30(20-49)38(55)46-34(35(40)52)24(5)62-63(57,58)59/h6-10,18,21-24,27-31,34,49H,11-17,19-20H2,1-5H3,(H2,40,52)(H,41,42)(H,43,53)(H,44,56)(H,45,54)(H,46,55)(H,47,50)(H2,57,58,59)/t24?,27-,28+,29+,30+,31+,34+/m1/s1. The zero-order chi connectivity index (χ0) is 46.9. The van der Waals surface area contributed by atoms with Crippen molar-refractivity contribution in [2.24, 2.45) is 11.7 Å². The molecular formula is C39H60N9O14P. The molecule has 0 aliphatic carbocycles. The Morgan fingerprint density at radius 3 is 2.16 bits per heavy atom. The number of amides is 7. The first-order chi connectivity index (χ1) is 29.7. The van der Waals surface area contributed by atoms with Gasteiger partial charge >= 0.3 is 7.82 Å². The number of benzene rings is 1. The molecule has 63 heavy (non-hydrogen) atoms. The van der Waals surface area contributed by atoms with Crippen molar-refractivity contribution in [3.05, 3.63) is 54.1 Å². The summed E-state index contributed by atoms with van der Waals surface area (Å²) in [5, 5.41) is 19.7. The quantitative estimate of drug-likeness (QED) is 0.0375. The van der Waals surface area contributed by atoms with Crippen LogP contribution < -0.4 is 32.5 Å². The Morgan fingerprint density at radius 1 is 0.921 bits per heavy atom. The van der Waals surface area contributed by atoms with Gasteiger partial charge < -0.3 is 56.5 Å². The number of likely N-dealkylation sites (tertiary alicyclic amines) is 1. The molecule has 2 aromatic rings. The summed E-state index contributed by atoms with van der Waals surface area (Å²) in [7, 11) is -5.13. The number of hydrogen-bond acceptors (Lipinski definition) is 13. The van der Waals surface area contributed by atoms with E-state index in [2.05, 4.69) is 41.2 Å². The third-order valence-corrected chi connectivity index (χ3v) is 10.2. The van der Waals surface area contributed by atoms with E-state index in [0.717, 1.165) is 12.5 Å². The molecule has 1 aliphatic rings. The van der Waals surface area contributed by atoms with E-state index in [1.807, 2.05) is 44.2 Å². The minimum Gasteiger partial charge on any atom is -0.394 e. The van der Waals surface area contributed by atoms with E-state index in [4.69, 9.17) is 25.1 Å². The van der Waals surface area contributed by atoms with Gasteiger partial charge in [0, 0.05) is 31.2 Å². The lowest BCUT2D eigenvalue weighted by molar-refractivity contribution is -0.141. The van der Waals surface area contributed by atoms with Crippen molar-refractivity contribution in [1.82, 2.24) is 41.6 Å². The molecule has 0 saturated carbocycles. The molecule has 1 saturated heterocycles. The van der Waals surface area contributed by atoms with Crippen molar-refractivity contribution in [1.29, 1.82) is 0 Å². The number of aromatic nitrogens is 2. The fourth-order valence-corrected chi connectivity index (χ4v) is 7.08. The van der Waals surface area contributed by atoms with Crippen LogP contribution in [0.2, 0.25) is 0 Å². The molecule has 2 heterocycles. The van der Waals surface area contributed by atoms with E-state index >= 15 is 0 Å². The maximum Gasteiger partial charge on any atom is 0.469 e. The summed E-state index contributed by atoms with van der Waals surface area (Å²) in [5.74, 6) is -5.97. The first-order valence-corrected chi connectivity index (χ1v) is 21.9. The SMILES string of the molecule is CC(C)C[C@H](NC(=O)[C@@H]1C[C@@H](ONC(=O)CCc2ccccc2)CN1C(=O)CCOC(C)C)C(=O)N[C@@H](Cc1cnc[nH]1)C(=O)N[C@@H](CO)C(=O)N[C@H](C(N)=O)C(C)OP(=O)(O)O. The van der Waals surface area contributed by atoms with Gasteiger partial charge in [0.2, 0.25) is 41.4 Å². The maximum atomic E-state index is 14.1. The highest BCUT2D eigenvalue weighted by Crippen LogP contribution is 2.38. The van der Waals surface area contributed by atoms with Gasteiger partial charge in [-0.05, 0) is 45.1 Å². The summed E-state index contributed by atoms with van der Waals surface area (Å²) in [6.45, 7) is 7.25. The van der Waals surface area contributed by atoms with E-state index < -0.39 is 98.2 Å². The summed E-state index contributed by atoms with van der Waals surface area (Å²) >= 11 is 0. The van der Waals surface area contributed by atoms with Crippen LogP contribution in [0.5, 0.6) is 0 Å². The Kier molecular flexibility index (Phi) is 20.8. The number of aromatic amines is 1. The second-order valence-electron chi connectivity index (χ2n) is 15.7. The summed E-state index contributed by atoms with van der Waals surface area (Å²) in [5.41, 5.74) is 9.04. The molecule has 7 amide bonds. The Hall–Kier alpha value is -5.29. The van der Waals surface area contributed by atoms with Crippen LogP contribution in [0, 0.1) is 5.92 Å². The van der Waals surface area contributed by atoms with Crippen LogP contribution in [-0.2, 0) is 65.1 Å². The predicted octanol–water partition coefficient (Wildman–Crippen LogP) is -1.62. The number of aliphatic hydroxyl groups is 1. The van der Waals surface area contributed by atoms with E-state index in [1.54, 1.807) is 13.8 Å². The van der Waals surface area contributed by atoms with Crippen LogP contribution in [0.15, 0.2) is 42.9 Å². The van der Waals surface area contributed by atoms with E-state index in [-0.39, 0.29) is 57.3 Å². The van der Waals surface area contributed by atoms with Crippen molar-refractivity contribution in [3.63, 3.8) is 0 Å². The Morgan fingerprint density at radius 2 is 1.57 bits per heavy atom. The third-order valence-electron chi connectivity index (χ3n) is 9.62. The van der Waals surface area contributed by atoms with Gasteiger partial charge in [-0.1, -0.05) is 44.2 Å². The van der Waals surface area contributed by atoms with Gasteiger partial charge in [-0.2, -0.15) is 0 Å². The van der Waals surface area contributed by atoms with Crippen LogP contribution in [0.4, 0.5) is 0 Å². The molecule has 1 aromatic heterocycles. The lowest BCUT2D eigenvalue weighted by Crippen LogP contribution is -2.61. The third kappa shape index (κ3) is 18.1. The maximum absolute atomic E-state index is 14.1. The number of imidazole rings is 1. The predicted molar refractivity (Wildman–Crippen MR) is 222 cm³/mol. The molecule has 24 heteroatoms. The Balaban J connectivity index is 1.78. The van der Waals surface area contributed by atoms with Gasteiger partial charge in [0.15, 0.2) is 0 Å². The molecule has 0 spiro atoms. The number of carbonyl (C=O) groups excluding carboxylic acids is 7. The highest BCUT2D eigenvalue weighted by atomic mass is 31.2. The number of carbonyl (C=O) groups is 7. The average molecular weight is 910 g/mol. The van der Waals surface area contributed by atoms with Crippen molar-refractivity contribution in [3.8, 4) is 0 Å². The Bertz CT molecular complexity index is 1880. The van der Waals surface area contributed by atoms with Crippen LogP contribution in [0.3, 0.4) is 0 Å². The van der Waals surface area contributed by atoms with Crippen LogP contribution >= 0.6 is 7.82 Å². The fraction of sp³-hybridized carbons (Fsp3) is 0.590. The van der Waals surface area contributed by atoms with Crippen LogP contribution in [0.25, 0.3) is 0 Å². The van der Waals surface area contributed by atoms with Gasteiger partial charge in [-0.25, -0.2) is 15.0 Å². The number of nitrogens with one attached hydrogen (secondary N) is 6. The molecule has 23 nitrogen and oxygen atoms in total. The highest BCUT2D eigenvalue weighted by molar-refractivity contribution is 7.46. The number of rotatable bonds is 26. The number of hydroxylamine groups is 1. The number of H-pyrrole nitrogens is 1. The summed E-state index contributed by atoms with van der Waals surface area (Å²) in [6, 6.07) is 1.94.